The van der Waals surface area contributed by atoms with E-state index in [2.05, 4.69) is 26.1 Å². The number of carbonyl (C=O) groups is 1. The van der Waals surface area contributed by atoms with Crippen LogP contribution in [0.2, 0.25) is 0 Å². The van der Waals surface area contributed by atoms with Crippen molar-refractivity contribution in [1.82, 2.24) is 5.32 Å². The Labute approximate surface area is 210 Å². The van der Waals surface area contributed by atoms with Gasteiger partial charge in [-0.15, -0.1) is 0 Å². The van der Waals surface area contributed by atoms with Crippen molar-refractivity contribution in [2.24, 2.45) is 46.3 Å². The molecule has 5 N–H and O–H groups in total. The van der Waals surface area contributed by atoms with E-state index in [0.29, 0.717) is 18.8 Å². The Kier molecular flexibility index (Phi) is 7.69. The van der Waals surface area contributed by atoms with Crippen molar-refractivity contribution in [3.8, 4) is 0 Å². The van der Waals surface area contributed by atoms with Gasteiger partial charge in [0, 0.05) is 13.0 Å². The Morgan fingerprint density at radius 1 is 1.06 bits per heavy atom. The highest BCUT2D eigenvalue weighted by atomic mass is 32.2. The fourth-order valence-corrected chi connectivity index (χ4v) is 9.46. The van der Waals surface area contributed by atoms with Crippen molar-refractivity contribution in [1.29, 1.82) is 0 Å². The number of hydrogen-bond acceptors (Lipinski definition) is 6. The molecule has 1 amide bonds. The third-order valence-corrected chi connectivity index (χ3v) is 11.7. The number of hydrogen-bond donors (Lipinski definition) is 5. The summed E-state index contributed by atoms with van der Waals surface area (Å²) < 4.78 is 30.5. The summed E-state index contributed by atoms with van der Waals surface area (Å²) in [5, 5.41) is 35.8. The van der Waals surface area contributed by atoms with Gasteiger partial charge in [0.15, 0.2) is 0 Å². The van der Waals surface area contributed by atoms with Crippen LogP contribution in [0.15, 0.2) is 0 Å². The Bertz CT molecular complexity index is 896. The second kappa shape index (κ2) is 9.86. The van der Waals surface area contributed by atoms with E-state index in [1.165, 1.54) is 0 Å². The highest BCUT2D eigenvalue weighted by molar-refractivity contribution is 7.85. The Balaban J connectivity index is 1.43. The normalized spacial score (nSPS) is 46.3. The monoisotopic (exact) mass is 515 g/mol. The molecule has 9 heteroatoms. The average Bonchev–Trinajstić information content (AvgIpc) is 3.12. The largest absolute Gasteiger partial charge is 0.393 e. The quantitative estimate of drug-likeness (QED) is 0.327. The first-order chi connectivity index (χ1) is 16.3. The van der Waals surface area contributed by atoms with Gasteiger partial charge in [-0.1, -0.05) is 20.8 Å². The summed E-state index contributed by atoms with van der Waals surface area (Å²) in [5.41, 5.74) is -0.254. The van der Waals surface area contributed by atoms with Crippen molar-refractivity contribution in [3.05, 3.63) is 0 Å². The molecule has 0 radical (unpaired) electrons. The minimum Gasteiger partial charge on any atom is -0.393 e. The third kappa shape index (κ3) is 5.05. The first-order valence-corrected chi connectivity index (χ1v) is 15.1. The molecular weight excluding hydrogens is 470 g/mol. The molecule has 4 saturated carbocycles. The number of rotatable bonds is 7. The molecule has 0 heterocycles. The van der Waals surface area contributed by atoms with Crippen LogP contribution in [0.4, 0.5) is 0 Å². The van der Waals surface area contributed by atoms with Crippen LogP contribution in [0.3, 0.4) is 0 Å². The van der Waals surface area contributed by atoms with E-state index >= 15 is 0 Å². The van der Waals surface area contributed by atoms with Crippen LogP contribution in [-0.2, 0) is 14.9 Å². The number of aliphatic hydroxyl groups excluding tert-OH is 3. The number of fused-ring (bicyclic) bond motifs is 5. The lowest BCUT2D eigenvalue weighted by atomic mass is 9.43. The topological polar surface area (TPSA) is 144 Å². The Morgan fingerprint density at radius 3 is 2.46 bits per heavy atom. The van der Waals surface area contributed by atoms with E-state index in [9.17, 15) is 28.5 Å². The molecule has 4 aliphatic rings. The van der Waals surface area contributed by atoms with E-state index in [-0.39, 0.29) is 65.4 Å². The van der Waals surface area contributed by atoms with Crippen LogP contribution < -0.4 is 5.32 Å². The highest BCUT2D eigenvalue weighted by Crippen LogP contribution is 2.68. The van der Waals surface area contributed by atoms with Gasteiger partial charge in [0.1, 0.15) is 0 Å². The minimum atomic E-state index is -4.10. The number of carbonyl (C=O) groups excluding carboxylic acids is 1. The molecule has 0 spiro atoms. The van der Waals surface area contributed by atoms with E-state index in [0.717, 1.165) is 38.5 Å². The predicted octanol–water partition coefficient (Wildman–Crippen LogP) is 2.37. The summed E-state index contributed by atoms with van der Waals surface area (Å²) in [6, 6.07) is 0. The van der Waals surface area contributed by atoms with E-state index in [1.807, 2.05) is 0 Å². The summed E-state index contributed by atoms with van der Waals surface area (Å²) in [5.74, 6) is 0.705. The summed E-state index contributed by atoms with van der Waals surface area (Å²) in [6.07, 6.45) is 5.67. The zero-order valence-corrected chi connectivity index (χ0v) is 22.2. The van der Waals surface area contributed by atoms with Crippen LogP contribution in [0, 0.1) is 46.3 Å². The lowest BCUT2D eigenvalue weighted by Crippen LogP contribution is -2.62. The maximum Gasteiger partial charge on any atom is 0.266 e. The van der Waals surface area contributed by atoms with Crippen LogP contribution in [-0.4, -0.2) is 64.8 Å². The molecule has 4 rings (SSSR count). The zero-order chi connectivity index (χ0) is 25.8. The molecule has 8 nitrogen and oxygen atoms in total. The summed E-state index contributed by atoms with van der Waals surface area (Å²) in [6.45, 7) is 6.56. The van der Waals surface area contributed by atoms with Crippen LogP contribution in [0.5, 0.6) is 0 Å². The first kappa shape index (κ1) is 27.3. The summed E-state index contributed by atoms with van der Waals surface area (Å²) >= 11 is 0. The molecular formula is C26H45NO7S. The van der Waals surface area contributed by atoms with Crippen molar-refractivity contribution in [2.75, 3.05) is 12.3 Å². The van der Waals surface area contributed by atoms with Gasteiger partial charge in [0.2, 0.25) is 5.91 Å². The molecule has 35 heavy (non-hydrogen) atoms. The van der Waals surface area contributed by atoms with Crippen LogP contribution in [0.25, 0.3) is 0 Å². The molecule has 11 atom stereocenters. The van der Waals surface area contributed by atoms with Crippen molar-refractivity contribution in [2.45, 2.75) is 96.9 Å². The van der Waals surface area contributed by atoms with Crippen molar-refractivity contribution < 1.29 is 33.1 Å². The van der Waals surface area contributed by atoms with Gasteiger partial charge in [-0.25, -0.2) is 0 Å². The molecule has 9 unspecified atom stereocenters. The molecule has 0 aliphatic heterocycles. The Morgan fingerprint density at radius 2 is 1.77 bits per heavy atom. The highest BCUT2D eigenvalue weighted by Gasteiger charge is 2.65. The van der Waals surface area contributed by atoms with Crippen molar-refractivity contribution in [3.63, 3.8) is 0 Å². The predicted molar refractivity (Wildman–Crippen MR) is 132 cm³/mol. The van der Waals surface area contributed by atoms with Crippen LogP contribution >= 0.6 is 0 Å². The summed E-state index contributed by atoms with van der Waals surface area (Å²) in [4.78, 5) is 12.2. The maximum absolute atomic E-state index is 12.2. The van der Waals surface area contributed by atoms with Gasteiger partial charge in [-0.3, -0.25) is 9.35 Å². The Hall–Kier alpha value is -0.740. The van der Waals surface area contributed by atoms with Gasteiger partial charge >= 0.3 is 0 Å². The van der Waals surface area contributed by atoms with Gasteiger partial charge in [-0.2, -0.15) is 8.42 Å². The third-order valence-electron chi connectivity index (χ3n) is 11.0. The van der Waals surface area contributed by atoms with Gasteiger partial charge in [0.25, 0.3) is 10.1 Å². The van der Waals surface area contributed by atoms with E-state index < -0.39 is 28.1 Å². The molecule has 4 aliphatic carbocycles. The van der Waals surface area contributed by atoms with Gasteiger partial charge in [0.05, 0.1) is 24.1 Å². The SMILES string of the molecule is CC(CCC(=O)NCCS(=O)(=O)O)C1CCC2C3C(O)CC4C[C@H](O)CCC4(C)C3C[C@H](O)C12C. The number of amides is 1. The second-order valence-corrected chi connectivity index (χ2v) is 14.2. The maximum atomic E-state index is 12.2. The van der Waals surface area contributed by atoms with Gasteiger partial charge < -0.3 is 20.6 Å². The van der Waals surface area contributed by atoms with Gasteiger partial charge in [-0.05, 0) is 97.7 Å². The molecule has 0 saturated heterocycles. The molecule has 0 aromatic heterocycles. The van der Waals surface area contributed by atoms with E-state index in [4.69, 9.17) is 4.55 Å². The fourth-order valence-electron chi connectivity index (χ4n) is 9.10. The zero-order valence-electron chi connectivity index (χ0n) is 21.4. The molecule has 202 valence electrons. The first-order valence-electron chi connectivity index (χ1n) is 13.5. The number of nitrogens with one attached hydrogen (secondary N) is 1. The smallest absolute Gasteiger partial charge is 0.266 e. The fraction of sp³-hybridized carbons (Fsp3) is 0.962. The lowest BCUT2D eigenvalue weighted by molar-refractivity contribution is -0.207. The molecule has 4 fully saturated rings. The van der Waals surface area contributed by atoms with Crippen molar-refractivity contribution >= 4 is 16.0 Å². The second-order valence-electron chi connectivity index (χ2n) is 12.7. The van der Waals surface area contributed by atoms with E-state index in [1.54, 1.807) is 0 Å². The standard InChI is InChI=1S/C26H45NO7S/c1-15(4-7-23(31)27-10-11-35(32,33)34)18-5-6-19-24-20(14-22(30)26(18,19)3)25(2)9-8-17(28)12-16(25)13-21(24)29/h15-22,24,28-30H,4-14H2,1-3H3,(H,27,31)(H,32,33,34)/t15?,16?,17-,18?,19?,20?,21?,22+,24?,25?,26?/m1/s1. The lowest BCUT2D eigenvalue weighted by Gasteiger charge is -2.63. The summed E-state index contributed by atoms with van der Waals surface area (Å²) in [7, 11) is -4.10. The number of aliphatic hydroxyl groups is 3. The minimum absolute atomic E-state index is 0.0509. The van der Waals surface area contributed by atoms with Crippen LogP contribution in [0.1, 0.15) is 78.6 Å². The molecule has 0 aromatic rings. The molecule has 0 bridgehead atoms. The average molecular weight is 516 g/mol. The molecule has 0 aromatic carbocycles.